The van der Waals surface area contributed by atoms with Crippen LogP contribution in [0.1, 0.15) is 40.0 Å². The summed E-state index contributed by atoms with van der Waals surface area (Å²) < 4.78 is 0. The summed E-state index contributed by atoms with van der Waals surface area (Å²) in [5.41, 5.74) is 1.58. The Balaban J connectivity index is 1.31. The zero-order chi connectivity index (χ0) is 18.3. The lowest BCUT2D eigenvalue weighted by molar-refractivity contribution is -0.118. The molecule has 5 atom stereocenters. The van der Waals surface area contributed by atoms with E-state index in [2.05, 4.69) is 31.4 Å². The molecule has 5 rings (SSSR count). The topological polar surface area (TPSA) is 53.5 Å². The van der Waals surface area contributed by atoms with Crippen molar-refractivity contribution in [2.24, 2.45) is 28.2 Å². The van der Waals surface area contributed by atoms with Crippen LogP contribution in [0.4, 0.5) is 5.69 Å². The van der Waals surface area contributed by atoms with Gasteiger partial charge in [0.05, 0.1) is 11.3 Å². The molecule has 3 aliphatic carbocycles. The summed E-state index contributed by atoms with van der Waals surface area (Å²) in [6, 6.07) is 10.5. The molecule has 3 saturated carbocycles. The quantitative estimate of drug-likeness (QED) is 0.818. The monoisotopic (exact) mass is 371 g/mol. The van der Waals surface area contributed by atoms with Crippen LogP contribution in [-0.4, -0.2) is 28.9 Å². The maximum atomic E-state index is 12.3. The second-order valence-corrected chi connectivity index (χ2v) is 9.83. The van der Waals surface area contributed by atoms with Gasteiger partial charge in [-0.1, -0.05) is 50.7 Å². The number of thioether (sulfide) groups is 1. The van der Waals surface area contributed by atoms with Gasteiger partial charge in [0.1, 0.15) is 0 Å². The molecule has 4 nitrogen and oxygen atoms in total. The zero-order valence-corrected chi connectivity index (χ0v) is 16.7. The lowest BCUT2D eigenvalue weighted by Crippen LogP contribution is -2.56. The van der Waals surface area contributed by atoms with Crippen molar-refractivity contribution in [3.05, 3.63) is 30.3 Å². The number of aliphatic imine (C=N–C) groups is 1. The van der Waals surface area contributed by atoms with Crippen LogP contribution in [0.5, 0.6) is 0 Å². The molecule has 4 aliphatic rings. The van der Waals surface area contributed by atoms with Crippen molar-refractivity contribution in [3.63, 3.8) is 0 Å². The summed E-state index contributed by atoms with van der Waals surface area (Å²) in [4.78, 5) is 17.2. The lowest BCUT2D eigenvalue weighted by Gasteiger charge is -2.61. The molecule has 1 aliphatic heterocycles. The highest BCUT2D eigenvalue weighted by Crippen LogP contribution is 2.61. The van der Waals surface area contributed by atoms with Crippen LogP contribution < -0.4 is 10.6 Å². The zero-order valence-electron chi connectivity index (χ0n) is 15.9. The normalized spacial score (nSPS) is 36.5. The summed E-state index contributed by atoms with van der Waals surface area (Å²) in [6.45, 7) is 7.96. The van der Waals surface area contributed by atoms with Gasteiger partial charge >= 0.3 is 0 Å². The van der Waals surface area contributed by atoms with Gasteiger partial charge in [0.25, 0.3) is 0 Å². The molecular weight excluding hydrogens is 342 g/mol. The second kappa shape index (κ2) is 6.91. The van der Waals surface area contributed by atoms with E-state index >= 15 is 0 Å². The summed E-state index contributed by atoms with van der Waals surface area (Å²) in [7, 11) is 0. The number of fused-ring (bicyclic) bond motifs is 2. The van der Waals surface area contributed by atoms with Crippen LogP contribution in [0.2, 0.25) is 0 Å². The minimum atomic E-state index is -0.0326. The van der Waals surface area contributed by atoms with Crippen LogP contribution in [-0.2, 0) is 4.79 Å². The molecule has 0 radical (unpaired) electrons. The maximum Gasteiger partial charge on any atom is 0.239 e. The van der Waals surface area contributed by atoms with E-state index in [-0.39, 0.29) is 11.2 Å². The minimum Gasteiger partial charge on any atom is -0.385 e. The number of para-hydroxylation sites is 1. The molecule has 1 saturated heterocycles. The Morgan fingerprint density at radius 3 is 2.73 bits per heavy atom. The second-order valence-electron chi connectivity index (χ2n) is 8.63. The minimum absolute atomic E-state index is 0.0326. The van der Waals surface area contributed by atoms with Gasteiger partial charge in [-0.2, -0.15) is 0 Å². The molecule has 0 aromatic heterocycles. The van der Waals surface area contributed by atoms with E-state index in [1.807, 2.05) is 30.3 Å². The number of nitrogens with zero attached hydrogens (tertiary/aromatic N) is 1. The predicted molar refractivity (Wildman–Crippen MR) is 109 cm³/mol. The molecule has 2 N–H and O–H groups in total. The number of nitrogens with one attached hydrogen (secondary N) is 2. The van der Waals surface area contributed by atoms with Crippen LogP contribution in [0.25, 0.3) is 0 Å². The van der Waals surface area contributed by atoms with Gasteiger partial charge in [0.2, 0.25) is 5.91 Å². The van der Waals surface area contributed by atoms with Crippen molar-refractivity contribution in [2.45, 2.75) is 51.3 Å². The van der Waals surface area contributed by atoms with Crippen LogP contribution in [0.15, 0.2) is 35.3 Å². The van der Waals surface area contributed by atoms with Crippen molar-refractivity contribution in [1.82, 2.24) is 5.32 Å². The first kappa shape index (κ1) is 17.9. The highest BCUT2D eigenvalue weighted by Gasteiger charge is 2.56. The van der Waals surface area contributed by atoms with E-state index in [1.54, 1.807) is 11.8 Å². The molecule has 4 fully saturated rings. The number of rotatable bonds is 5. The smallest absolute Gasteiger partial charge is 0.239 e. The number of hydrogen-bond donors (Lipinski definition) is 2. The van der Waals surface area contributed by atoms with Gasteiger partial charge in [0, 0.05) is 12.2 Å². The van der Waals surface area contributed by atoms with E-state index in [4.69, 9.17) is 4.99 Å². The average Bonchev–Trinajstić information content (AvgIpc) is 2.96. The molecular formula is C21H29N3OS. The summed E-state index contributed by atoms with van der Waals surface area (Å²) in [5.74, 6) is 2.30. The fourth-order valence-electron chi connectivity index (χ4n) is 5.00. The molecule has 1 aromatic rings. The number of hydrogen-bond acceptors (Lipinski definition) is 4. The predicted octanol–water partition coefficient (Wildman–Crippen LogP) is 4.15. The van der Waals surface area contributed by atoms with Gasteiger partial charge in [-0.15, -0.1) is 0 Å². The molecule has 1 unspecified atom stereocenters. The molecule has 5 heteroatoms. The van der Waals surface area contributed by atoms with Gasteiger partial charge in [-0.25, -0.2) is 0 Å². The average molecular weight is 372 g/mol. The van der Waals surface area contributed by atoms with Crippen molar-refractivity contribution < 1.29 is 4.79 Å². The Bertz CT molecular complexity index is 702. The number of carbonyl (C=O) groups excluding carboxylic acids is 1. The Labute approximate surface area is 160 Å². The first-order valence-electron chi connectivity index (χ1n) is 9.79. The SMILES string of the molecule is C[C@H]1[C@H]2C[C@H](C[C@H]1N=C1NC(=O)C(CCNc3ccccc3)S1)C2(C)C. The number of carbonyl (C=O) groups is 1. The Morgan fingerprint density at radius 2 is 2.04 bits per heavy atom. The van der Waals surface area contributed by atoms with Gasteiger partial charge < -0.3 is 10.6 Å². The molecule has 1 aromatic carbocycles. The third-order valence-corrected chi connectivity index (χ3v) is 8.05. The Morgan fingerprint density at radius 1 is 1.27 bits per heavy atom. The van der Waals surface area contributed by atoms with E-state index in [0.717, 1.165) is 35.7 Å². The number of amidine groups is 1. The van der Waals surface area contributed by atoms with Gasteiger partial charge in [-0.05, 0) is 54.6 Å². The van der Waals surface area contributed by atoms with Crippen LogP contribution in [0.3, 0.4) is 0 Å². The molecule has 26 heavy (non-hydrogen) atoms. The number of benzene rings is 1. The molecule has 140 valence electrons. The largest absolute Gasteiger partial charge is 0.385 e. The van der Waals surface area contributed by atoms with Crippen molar-refractivity contribution in [1.29, 1.82) is 0 Å². The number of anilines is 1. The molecule has 2 bridgehead atoms. The van der Waals surface area contributed by atoms with Crippen LogP contribution >= 0.6 is 11.8 Å². The Kier molecular flexibility index (Phi) is 4.76. The molecule has 1 heterocycles. The third-order valence-electron chi connectivity index (χ3n) is 6.88. The van der Waals surface area contributed by atoms with Crippen LogP contribution in [0, 0.1) is 23.2 Å². The third kappa shape index (κ3) is 3.26. The molecule has 0 spiro atoms. The summed E-state index contributed by atoms with van der Waals surface area (Å²) >= 11 is 1.61. The van der Waals surface area contributed by atoms with E-state index in [1.165, 1.54) is 12.8 Å². The summed E-state index contributed by atoms with van der Waals surface area (Å²) in [5, 5.41) is 7.21. The van der Waals surface area contributed by atoms with Crippen molar-refractivity contribution in [3.8, 4) is 0 Å². The highest BCUT2D eigenvalue weighted by molar-refractivity contribution is 8.15. The fraction of sp³-hybridized carbons (Fsp3) is 0.619. The van der Waals surface area contributed by atoms with E-state index in [0.29, 0.717) is 17.4 Å². The van der Waals surface area contributed by atoms with Crippen molar-refractivity contribution >= 4 is 28.5 Å². The van der Waals surface area contributed by atoms with E-state index < -0.39 is 0 Å². The van der Waals surface area contributed by atoms with Gasteiger partial charge in [-0.3, -0.25) is 9.79 Å². The fourth-order valence-corrected chi connectivity index (χ4v) is 6.03. The number of amides is 1. The highest BCUT2D eigenvalue weighted by atomic mass is 32.2. The Hall–Kier alpha value is -1.49. The first-order valence-corrected chi connectivity index (χ1v) is 10.7. The van der Waals surface area contributed by atoms with E-state index in [9.17, 15) is 4.79 Å². The maximum absolute atomic E-state index is 12.3. The first-order chi connectivity index (χ1) is 12.4. The standard InChI is InChI=1S/C21H29N3OS/c1-13-16-11-14(21(16,2)3)12-17(13)23-20-24-19(25)18(26-20)9-10-22-15-7-5-4-6-8-15/h4-8,13-14,16-18,22H,9-12H2,1-3H3,(H,23,24,25)/t13-,14+,16+,17+,18?/m0/s1. The molecule has 1 amide bonds. The van der Waals surface area contributed by atoms with Gasteiger partial charge in [0.15, 0.2) is 5.17 Å². The van der Waals surface area contributed by atoms with Crippen molar-refractivity contribution in [2.75, 3.05) is 11.9 Å². The summed E-state index contributed by atoms with van der Waals surface area (Å²) in [6.07, 6.45) is 3.34. The lowest BCUT2D eigenvalue weighted by atomic mass is 9.45.